The molecule has 0 unspecified atom stereocenters. The van der Waals surface area contributed by atoms with E-state index < -0.39 is 0 Å². The van der Waals surface area contributed by atoms with Gasteiger partial charge in [-0.25, -0.2) is 4.98 Å². The summed E-state index contributed by atoms with van der Waals surface area (Å²) in [4.78, 5) is 17.0. The number of rotatable bonds is 4. The number of anilines is 1. The number of carbonyl (C=O) groups excluding carboxylic acids is 1. The maximum Gasteiger partial charge on any atom is 0.259 e. The predicted molar refractivity (Wildman–Crippen MR) is 103 cm³/mol. The second-order valence-electron chi connectivity index (χ2n) is 6.60. The Hall–Kier alpha value is -3.28. The first-order valence-corrected chi connectivity index (χ1v) is 8.99. The molecule has 4 rings (SSSR count). The Morgan fingerprint density at radius 1 is 1.19 bits per heavy atom. The number of aromatic nitrogens is 2. The van der Waals surface area contributed by atoms with Crippen LogP contribution in [-0.2, 0) is 13.0 Å². The van der Waals surface area contributed by atoms with Gasteiger partial charge in [-0.05, 0) is 55.7 Å². The van der Waals surface area contributed by atoms with Crippen LogP contribution in [0.5, 0.6) is 11.5 Å². The molecule has 1 aliphatic rings. The zero-order valence-electron chi connectivity index (χ0n) is 15.1. The van der Waals surface area contributed by atoms with Gasteiger partial charge in [-0.3, -0.25) is 4.79 Å². The maximum atomic E-state index is 12.4. The van der Waals surface area contributed by atoms with Gasteiger partial charge in [-0.2, -0.15) is 0 Å². The highest BCUT2D eigenvalue weighted by Gasteiger charge is 2.16. The Labute approximate surface area is 157 Å². The second-order valence-corrected chi connectivity index (χ2v) is 6.60. The topological polar surface area (TPSA) is 76.4 Å². The zero-order chi connectivity index (χ0) is 18.8. The minimum Gasteiger partial charge on any atom is -0.507 e. The molecule has 1 aromatic heterocycles. The fraction of sp³-hybridized carbons (Fsp3) is 0.238. The first-order valence-electron chi connectivity index (χ1n) is 8.99. The molecule has 0 saturated carbocycles. The van der Waals surface area contributed by atoms with E-state index in [2.05, 4.69) is 14.9 Å². The largest absolute Gasteiger partial charge is 0.507 e. The molecule has 0 radical (unpaired) electrons. The smallest absolute Gasteiger partial charge is 0.259 e. The predicted octanol–water partition coefficient (Wildman–Crippen LogP) is 3.85. The van der Waals surface area contributed by atoms with Crippen LogP contribution in [0.25, 0.3) is 11.4 Å². The summed E-state index contributed by atoms with van der Waals surface area (Å²) in [5.74, 6) is 0.973. The van der Waals surface area contributed by atoms with Crippen molar-refractivity contribution in [1.29, 1.82) is 0 Å². The number of fused-ring (bicyclic) bond motifs is 1. The van der Waals surface area contributed by atoms with Crippen LogP contribution in [0, 0.1) is 0 Å². The number of methoxy groups -OCH3 is 1. The average Bonchev–Trinajstić information content (AvgIpc) is 3.12. The van der Waals surface area contributed by atoms with E-state index in [0.717, 1.165) is 24.4 Å². The van der Waals surface area contributed by atoms with Gasteiger partial charge in [-0.1, -0.05) is 0 Å². The van der Waals surface area contributed by atoms with Crippen LogP contribution in [0.2, 0.25) is 0 Å². The number of nitrogens with one attached hydrogen (secondary N) is 1. The van der Waals surface area contributed by atoms with E-state index in [1.54, 1.807) is 6.07 Å². The molecule has 2 heterocycles. The van der Waals surface area contributed by atoms with E-state index in [4.69, 9.17) is 4.74 Å². The quantitative estimate of drug-likeness (QED) is 0.738. The standard InChI is InChI=1S/C21H21N3O3/c1-27-17-9-10-18(19(25)12-17)21(26)23-15-7-5-14(6-8-15)20-22-13-16-4-2-3-11-24(16)20/h5-10,12-13,25H,2-4,11H2,1H3,(H,23,26). The molecule has 1 aliphatic heterocycles. The Bertz CT molecular complexity index is 977. The lowest BCUT2D eigenvalue weighted by Crippen LogP contribution is -2.12. The number of carbonyl (C=O) groups is 1. The van der Waals surface area contributed by atoms with Crippen molar-refractivity contribution in [3.63, 3.8) is 0 Å². The van der Waals surface area contributed by atoms with Crippen LogP contribution < -0.4 is 10.1 Å². The number of amides is 1. The zero-order valence-corrected chi connectivity index (χ0v) is 15.1. The van der Waals surface area contributed by atoms with Crippen LogP contribution in [0.4, 0.5) is 5.69 Å². The van der Waals surface area contributed by atoms with Crippen molar-refractivity contribution in [2.24, 2.45) is 0 Å². The molecular formula is C21H21N3O3. The molecule has 0 aliphatic carbocycles. The molecule has 6 heteroatoms. The monoisotopic (exact) mass is 363 g/mol. The van der Waals surface area contributed by atoms with Gasteiger partial charge in [0.05, 0.1) is 12.7 Å². The van der Waals surface area contributed by atoms with Gasteiger partial charge in [0, 0.05) is 35.8 Å². The number of aromatic hydroxyl groups is 1. The van der Waals surface area contributed by atoms with Crippen molar-refractivity contribution in [3.05, 3.63) is 59.9 Å². The van der Waals surface area contributed by atoms with Crippen molar-refractivity contribution >= 4 is 11.6 Å². The number of phenolic OH excluding ortho intramolecular Hbond substituents is 1. The van der Waals surface area contributed by atoms with E-state index in [0.29, 0.717) is 11.4 Å². The van der Waals surface area contributed by atoms with Crippen LogP contribution >= 0.6 is 0 Å². The minimum absolute atomic E-state index is 0.118. The van der Waals surface area contributed by atoms with E-state index in [9.17, 15) is 9.90 Å². The van der Waals surface area contributed by atoms with Gasteiger partial charge in [0.1, 0.15) is 17.3 Å². The number of benzene rings is 2. The molecule has 2 aromatic carbocycles. The third-order valence-electron chi connectivity index (χ3n) is 4.85. The summed E-state index contributed by atoms with van der Waals surface area (Å²) < 4.78 is 7.31. The lowest BCUT2D eigenvalue weighted by Gasteiger charge is -2.16. The third kappa shape index (κ3) is 3.38. The van der Waals surface area contributed by atoms with Crippen LogP contribution in [0.3, 0.4) is 0 Å². The number of aryl methyl sites for hydroxylation is 1. The second kappa shape index (κ2) is 7.15. The molecule has 0 saturated heterocycles. The van der Waals surface area contributed by atoms with Crippen LogP contribution in [0.1, 0.15) is 28.9 Å². The molecule has 138 valence electrons. The number of ether oxygens (including phenoxy) is 1. The van der Waals surface area contributed by atoms with Gasteiger partial charge < -0.3 is 19.7 Å². The summed E-state index contributed by atoms with van der Waals surface area (Å²) in [6, 6.07) is 12.2. The molecule has 0 atom stereocenters. The molecule has 2 N–H and O–H groups in total. The highest BCUT2D eigenvalue weighted by atomic mass is 16.5. The van der Waals surface area contributed by atoms with Crippen LogP contribution in [-0.4, -0.2) is 27.7 Å². The van der Waals surface area contributed by atoms with Crippen molar-refractivity contribution in [3.8, 4) is 22.9 Å². The van der Waals surface area contributed by atoms with E-state index >= 15 is 0 Å². The molecule has 0 fully saturated rings. The number of hydrogen-bond donors (Lipinski definition) is 2. The summed E-state index contributed by atoms with van der Waals surface area (Å²) in [7, 11) is 1.51. The van der Waals surface area contributed by atoms with E-state index in [-0.39, 0.29) is 17.2 Å². The Morgan fingerprint density at radius 2 is 2.00 bits per heavy atom. The third-order valence-corrected chi connectivity index (χ3v) is 4.85. The lowest BCUT2D eigenvalue weighted by molar-refractivity contribution is 0.102. The number of imidazole rings is 1. The van der Waals surface area contributed by atoms with Crippen molar-refractivity contribution < 1.29 is 14.6 Å². The number of hydrogen-bond acceptors (Lipinski definition) is 4. The summed E-state index contributed by atoms with van der Waals surface area (Å²) in [5.41, 5.74) is 3.16. The molecule has 6 nitrogen and oxygen atoms in total. The number of phenols is 1. The lowest BCUT2D eigenvalue weighted by atomic mass is 10.1. The minimum atomic E-state index is -0.374. The van der Waals surface area contributed by atoms with Gasteiger partial charge in [0.2, 0.25) is 0 Å². The summed E-state index contributed by atoms with van der Waals surface area (Å²) in [5, 5.41) is 12.8. The maximum absolute atomic E-state index is 12.4. The van der Waals surface area contributed by atoms with Gasteiger partial charge >= 0.3 is 0 Å². The van der Waals surface area contributed by atoms with Crippen LogP contribution in [0.15, 0.2) is 48.7 Å². The molecule has 0 bridgehead atoms. The van der Waals surface area contributed by atoms with Gasteiger partial charge in [0.25, 0.3) is 5.91 Å². The van der Waals surface area contributed by atoms with E-state index in [1.807, 2.05) is 30.5 Å². The van der Waals surface area contributed by atoms with Crippen molar-refractivity contribution in [2.45, 2.75) is 25.8 Å². The Kier molecular flexibility index (Phi) is 4.54. The Balaban J connectivity index is 1.51. The van der Waals surface area contributed by atoms with Gasteiger partial charge in [0.15, 0.2) is 0 Å². The van der Waals surface area contributed by atoms with Crippen molar-refractivity contribution in [1.82, 2.24) is 9.55 Å². The fourth-order valence-electron chi connectivity index (χ4n) is 3.40. The Morgan fingerprint density at radius 3 is 2.74 bits per heavy atom. The average molecular weight is 363 g/mol. The van der Waals surface area contributed by atoms with Gasteiger partial charge in [-0.15, -0.1) is 0 Å². The highest BCUT2D eigenvalue weighted by Crippen LogP contribution is 2.27. The highest BCUT2D eigenvalue weighted by molar-refractivity contribution is 6.06. The first kappa shape index (κ1) is 17.1. The summed E-state index contributed by atoms with van der Waals surface area (Å²) in [6.45, 7) is 1.000. The van der Waals surface area contributed by atoms with Crippen molar-refractivity contribution in [2.75, 3.05) is 12.4 Å². The molecule has 0 spiro atoms. The molecular weight excluding hydrogens is 342 g/mol. The molecule has 1 amide bonds. The number of nitrogens with zero attached hydrogens (tertiary/aromatic N) is 2. The first-order chi connectivity index (χ1) is 13.2. The van der Waals surface area contributed by atoms with E-state index in [1.165, 1.54) is 37.8 Å². The SMILES string of the molecule is COc1ccc(C(=O)Nc2ccc(-c3ncc4n3CCCC4)cc2)c(O)c1. The fourth-order valence-corrected chi connectivity index (χ4v) is 3.40. The molecule has 27 heavy (non-hydrogen) atoms. The molecule has 3 aromatic rings. The normalized spacial score (nSPS) is 13.1. The summed E-state index contributed by atoms with van der Waals surface area (Å²) >= 11 is 0. The summed E-state index contributed by atoms with van der Waals surface area (Å²) in [6.07, 6.45) is 5.42.